The lowest BCUT2D eigenvalue weighted by atomic mass is 10.0. The van der Waals surface area contributed by atoms with Crippen molar-refractivity contribution in [3.63, 3.8) is 0 Å². The maximum atomic E-state index is 12.2. The van der Waals surface area contributed by atoms with Gasteiger partial charge in [-0.3, -0.25) is 9.78 Å². The number of aromatic nitrogens is 3. The Bertz CT molecular complexity index is 688. The van der Waals surface area contributed by atoms with Crippen LogP contribution in [0.2, 0.25) is 5.02 Å². The maximum Gasteiger partial charge on any atom is 0.224 e. The van der Waals surface area contributed by atoms with E-state index < -0.39 is 0 Å². The first kappa shape index (κ1) is 15.9. The van der Waals surface area contributed by atoms with Gasteiger partial charge in [0, 0.05) is 31.8 Å². The molecule has 0 aromatic carbocycles. The largest absolute Gasteiger partial charge is 0.426 e. The van der Waals surface area contributed by atoms with Crippen molar-refractivity contribution in [3.8, 4) is 0 Å². The molecule has 2 atom stereocenters. The highest BCUT2D eigenvalue weighted by Crippen LogP contribution is 2.28. The van der Waals surface area contributed by atoms with Crippen LogP contribution in [-0.2, 0) is 17.6 Å². The summed E-state index contributed by atoms with van der Waals surface area (Å²) in [5.74, 6) is 1.75. The average molecular weight is 335 g/mol. The van der Waals surface area contributed by atoms with E-state index in [1.807, 2.05) is 0 Å². The Kier molecular flexibility index (Phi) is 4.91. The van der Waals surface area contributed by atoms with Crippen molar-refractivity contribution in [2.24, 2.45) is 5.92 Å². The van der Waals surface area contributed by atoms with Crippen LogP contribution in [0.4, 0.5) is 0 Å². The molecule has 1 N–H and O–H groups in total. The van der Waals surface area contributed by atoms with E-state index in [4.69, 9.17) is 16.0 Å². The van der Waals surface area contributed by atoms with Crippen LogP contribution in [0.3, 0.4) is 0 Å². The number of carbonyl (C=O) groups is 1. The van der Waals surface area contributed by atoms with Gasteiger partial charge < -0.3 is 9.73 Å². The Labute approximate surface area is 139 Å². The Morgan fingerprint density at radius 2 is 2.30 bits per heavy atom. The van der Waals surface area contributed by atoms with Gasteiger partial charge in [-0.05, 0) is 36.8 Å². The molecule has 23 heavy (non-hydrogen) atoms. The summed E-state index contributed by atoms with van der Waals surface area (Å²) in [7, 11) is 0. The van der Waals surface area contributed by atoms with Crippen molar-refractivity contribution in [2.75, 3.05) is 0 Å². The minimum atomic E-state index is -0.00242. The third-order valence-corrected chi connectivity index (χ3v) is 4.49. The number of hydrogen-bond donors (Lipinski definition) is 1. The van der Waals surface area contributed by atoms with Crippen LogP contribution >= 0.6 is 11.6 Å². The molecule has 0 bridgehead atoms. The molecule has 122 valence electrons. The highest BCUT2D eigenvalue weighted by molar-refractivity contribution is 6.31. The second kappa shape index (κ2) is 7.08. The predicted octanol–water partition coefficient (Wildman–Crippen LogP) is 2.50. The van der Waals surface area contributed by atoms with Gasteiger partial charge in [0.15, 0.2) is 0 Å². The monoisotopic (exact) mass is 334 g/mol. The molecule has 1 amide bonds. The van der Waals surface area contributed by atoms with Gasteiger partial charge >= 0.3 is 0 Å². The molecule has 6 nitrogen and oxygen atoms in total. The Hall–Kier alpha value is -1.95. The molecule has 0 spiro atoms. The van der Waals surface area contributed by atoms with Gasteiger partial charge in [-0.2, -0.15) is 0 Å². The second-order valence-corrected chi connectivity index (χ2v) is 6.41. The number of halogens is 1. The number of hydrogen-bond acceptors (Lipinski definition) is 5. The summed E-state index contributed by atoms with van der Waals surface area (Å²) in [6.07, 6.45) is 7.25. The van der Waals surface area contributed by atoms with Crippen molar-refractivity contribution in [1.82, 2.24) is 20.5 Å². The SMILES string of the molecule is Cc1nnc(C[C@@H]2CC[C@H](NC(=O)Cc3ccncc3Cl)C2)o1. The number of aryl methyl sites for hydroxylation is 1. The zero-order valence-corrected chi connectivity index (χ0v) is 13.7. The van der Waals surface area contributed by atoms with Gasteiger partial charge in [0.05, 0.1) is 11.4 Å². The molecule has 3 rings (SSSR count). The van der Waals surface area contributed by atoms with E-state index in [2.05, 4.69) is 20.5 Å². The lowest BCUT2D eigenvalue weighted by Gasteiger charge is -2.13. The summed E-state index contributed by atoms with van der Waals surface area (Å²) in [5, 5.41) is 11.5. The highest BCUT2D eigenvalue weighted by atomic mass is 35.5. The topological polar surface area (TPSA) is 80.9 Å². The van der Waals surface area contributed by atoms with E-state index in [9.17, 15) is 4.79 Å². The highest BCUT2D eigenvalue weighted by Gasteiger charge is 2.27. The first-order valence-corrected chi connectivity index (χ1v) is 8.14. The third-order valence-electron chi connectivity index (χ3n) is 4.14. The number of carbonyl (C=O) groups excluding carboxylic acids is 1. The minimum Gasteiger partial charge on any atom is -0.426 e. The van der Waals surface area contributed by atoms with Crippen LogP contribution in [0.5, 0.6) is 0 Å². The van der Waals surface area contributed by atoms with Gasteiger partial charge in [-0.25, -0.2) is 0 Å². The number of amides is 1. The molecule has 0 saturated heterocycles. The summed E-state index contributed by atoms with van der Waals surface area (Å²) in [4.78, 5) is 16.1. The summed E-state index contributed by atoms with van der Waals surface area (Å²) in [5.41, 5.74) is 0.801. The third kappa shape index (κ3) is 4.28. The van der Waals surface area contributed by atoms with Crippen molar-refractivity contribution in [3.05, 3.63) is 40.8 Å². The fourth-order valence-electron chi connectivity index (χ4n) is 3.06. The summed E-state index contributed by atoms with van der Waals surface area (Å²) in [6, 6.07) is 1.98. The van der Waals surface area contributed by atoms with Crippen LogP contribution in [0.1, 0.15) is 36.6 Å². The van der Waals surface area contributed by atoms with Crippen LogP contribution in [0.15, 0.2) is 22.9 Å². The molecule has 2 heterocycles. The summed E-state index contributed by atoms with van der Waals surface area (Å²) in [6.45, 7) is 1.79. The van der Waals surface area contributed by atoms with Crippen LogP contribution in [-0.4, -0.2) is 27.1 Å². The fourth-order valence-corrected chi connectivity index (χ4v) is 3.24. The van der Waals surface area contributed by atoms with Crippen LogP contribution in [0, 0.1) is 12.8 Å². The predicted molar refractivity (Wildman–Crippen MR) is 85.0 cm³/mol. The number of nitrogens with zero attached hydrogens (tertiary/aromatic N) is 3. The first-order chi connectivity index (χ1) is 11.1. The first-order valence-electron chi connectivity index (χ1n) is 7.77. The van der Waals surface area contributed by atoms with E-state index in [0.717, 1.165) is 31.2 Å². The molecule has 2 aromatic rings. The lowest BCUT2D eigenvalue weighted by molar-refractivity contribution is -0.121. The summed E-state index contributed by atoms with van der Waals surface area (Å²) < 4.78 is 5.42. The van der Waals surface area contributed by atoms with E-state index in [0.29, 0.717) is 22.7 Å². The van der Waals surface area contributed by atoms with Gasteiger partial charge in [-0.1, -0.05) is 11.6 Å². The van der Waals surface area contributed by atoms with E-state index in [1.54, 1.807) is 25.4 Å². The van der Waals surface area contributed by atoms with E-state index >= 15 is 0 Å². The molecular weight excluding hydrogens is 316 g/mol. The Balaban J connectivity index is 1.48. The smallest absolute Gasteiger partial charge is 0.224 e. The van der Waals surface area contributed by atoms with Gasteiger partial charge in [0.25, 0.3) is 0 Å². The zero-order chi connectivity index (χ0) is 16.2. The van der Waals surface area contributed by atoms with Crippen LogP contribution < -0.4 is 5.32 Å². The quantitative estimate of drug-likeness (QED) is 0.908. The molecule has 1 fully saturated rings. The molecule has 1 saturated carbocycles. The number of nitrogens with one attached hydrogen (secondary N) is 1. The van der Waals surface area contributed by atoms with Crippen molar-refractivity contribution in [1.29, 1.82) is 0 Å². The standard InChI is InChI=1S/C16H19ClN4O2/c1-10-20-21-16(23-10)7-11-2-3-13(6-11)19-15(22)8-12-4-5-18-9-14(12)17/h4-5,9,11,13H,2-3,6-8H2,1H3,(H,19,22)/t11-,13+/m1/s1. The lowest BCUT2D eigenvalue weighted by Crippen LogP contribution is -2.34. The molecule has 2 aromatic heterocycles. The van der Waals surface area contributed by atoms with Gasteiger partial charge in [0.1, 0.15) is 0 Å². The maximum absolute atomic E-state index is 12.2. The van der Waals surface area contributed by atoms with Crippen molar-refractivity contribution in [2.45, 2.75) is 45.1 Å². The van der Waals surface area contributed by atoms with Crippen molar-refractivity contribution >= 4 is 17.5 Å². The molecule has 0 radical (unpaired) electrons. The number of pyridine rings is 1. The van der Waals surface area contributed by atoms with Gasteiger partial charge in [-0.15, -0.1) is 10.2 Å². The molecular formula is C16H19ClN4O2. The van der Waals surface area contributed by atoms with Crippen LogP contribution in [0.25, 0.3) is 0 Å². The zero-order valence-electron chi connectivity index (χ0n) is 13.0. The number of rotatable bonds is 5. The van der Waals surface area contributed by atoms with E-state index in [-0.39, 0.29) is 18.4 Å². The minimum absolute atomic E-state index is 0.00242. The second-order valence-electron chi connectivity index (χ2n) is 6.01. The fraction of sp³-hybridized carbons (Fsp3) is 0.500. The normalized spacial score (nSPS) is 20.6. The molecule has 0 unspecified atom stereocenters. The Morgan fingerprint density at radius 3 is 3.04 bits per heavy atom. The van der Waals surface area contributed by atoms with Crippen molar-refractivity contribution < 1.29 is 9.21 Å². The molecule has 7 heteroatoms. The summed E-state index contributed by atoms with van der Waals surface area (Å²) >= 11 is 6.03. The molecule has 0 aliphatic heterocycles. The van der Waals surface area contributed by atoms with Gasteiger partial charge in [0.2, 0.25) is 17.7 Å². The average Bonchev–Trinajstić information content (AvgIpc) is 3.11. The molecule has 1 aliphatic carbocycles. The molecule has 1 aliphatic rings. The van der Waals surface area contributed by atoms with E-state index in [1.165, 1.54) is 0 Å². The Morgan fingerprint density at radius 1 is 1.43 bits per heavy atom.